The number of nitrogens with two attached hydrogens (primary N) is 1. The summed E-state index contributed by atoms with van der Waals surface area (Å²) in [6.45, 7) is 3.64. The van der Waals surface area contributed by atoms with Gasteiger partial charge < -0.3 is 15.6 Å². The van der Waals surface area contributed by atoms with E-state index in [1.165, 1.54) is 4.90 Å². The van der Waals surface area contributed by atoms with Crippen LogP contribution in [0, 0.1) is 0 Å². The Morgan fingerprint density at radius 2 is 2.25 bits per heavy atom. The van der Waals surface area contributed by atoms with Crippen LogP contribution in [0.1, 0.15) is 18.4 Å². The number of carbonyl (C=O) groups is 2. The number of benzene rings is 1. The minimum atomic E-state index is -0.581. The first-order valence-corrected chi connectivity index (χ1v) is 8.18. The highest BCUT2D eigenvalue weighted by Crippen LogP contribution is 2.24. The van der Waals surface area contributed by atoms with Gasteiger partial charge in [-0.2, -0.15) is 0 Å². The topological polar surface area (TPSA) is 91.6 Å². The van der Waals surface area contributed by atoms with Crippen molar-refractivity contribution in [2.24, 2.45) is 10.7 Å². The molecule has 7 heteroatoms. The average Bonchev–Trinajstić information content (AvgIpc) is 3.15. The van der Waals surface area contributed by atoms with Gasteiger partial charge in [0.2, 0.25) is 5.91 Å². The van der Waals surface area contributed by atoms with Crippen molar-refractivity contribution in [1.82, 2.24) is 9.88 Å². The minimum Gasteiger partial charge on any atom is -0.361 e. The van der Waals surface area contributed by atoms with E-state index in [-0.39, 0.29) is 11.9 Å². The van der Waals surface area contributed by atoms with Gasteiger partial charge in [0.1, 0.15) is 6.04 Å². The maximum atomic E-state index is 12.5. The Hall–Kier alpha value is -2.18. The zero-order valence-corrected chi connectivity index (χ0v) is 13.9. The van der Waals surface area contributed by atoms with Gasteiger partial charge in [0.25, 0.3) is 5.91 Å². The number of likely N-dealkylation sites (tertiary alicyclic amines) is 1. The summed E-state index contributed by atoms with van der Waals surface area (Å²) in [5.74, 6) is -0.489. The van der Waals surface area contributed by atoms with E-state index >= 15 is 0 Å². The number of aryl methyl sites for hydroxylation is 1. The number of hydrogen-bond acceptors (Lipinski definition) is 3. The summed E-state index contributed by atoms with van der Waals surface area (Å²) in [7, 11) is 0. The largest absolute Gasteiger partial charge is 0.361 e. The Morgan fingerprint density at radius 3 is 3.00 bits per heavy atom. The smallest absolute Gasteiger partial charge is 0.267 e. The first-order valence-electron chi connectivity index (χ1n) is 7.80. The molecule has 0 radical (unpaired) electrons. The monoisotopic (exact) mass is 346 g/mol. The number of H-pyrrole nitrogens is 1. The van der Waals surface area contributed by atoms with Gasteiger partial charge in [-0.15, -0.1) is 0 Å². The van der Waals surface area contributed by atoms with Crippen molar-refractivity contribution in [3.8, 4) is 0 Å². The average molecular weight is 347 g/mol. The lowest BCUT2D eigenvalue weighted by molar-refractivity contribution is -0.137. The second-order valence-corrected chi connectivity index (χ2v) is 6.49. The third kappa shape index (κ3) is 3.20. The second kappa shape index (κ2) is 6.75. The van der Waals surface area contributed by atoms with Crippen LogP contribution in [0.4, 0.5) is 0 Å². The molecule has 1 aliphatic rings. The number of nitrogens with one attached hydrogen (secondary N) is 1. The van der Waals surface area contributed by atoms with Crippen LogP contribution in [0.2, 0.25) is 5.02 Å². The number of aromatic nitrogens is 1. The maximum absolute atomic E-state index is 12.5. The molecule has 0 saturated carbocycles. The predicted molar refractivity (Wildman–Crippen MR) is 94.3 cm³/mol. The second-order valence-electron chi connectivity index (χ2n) is 6.06. The molecule has 6 nitrogen and oxygen atoms in total. The van der Waals surface area contributed by atoms with Gasteiger partial charge in [-0.1, -0.05) is 11.6 Å². The van der Waals surface area contributed by atoms with Crippen LogP contribution in [-0.2, 0) is 16.0 Å². The summed E-state index contributed by atoms with van der Waals surface area (Å²) in [5, 5.41) is 1.66. The number of hydrogen-bond donors (Lipinski definition) is 2. The first-order chi connectivity index (χ1) is 11.5. The molecule has 3 N–H and O–H groups in total. The number of halogens is 1. The van der Waals surface area contributed by atoms with Gasteiger partial charge in [0, 0.05) is 41.1 Å². The first kappa shape index (κ1) is 16.7. The Labute approximate surface area is 144 Å². The van der Waals surface area contributed by atoms with Crippen LogP contribution < -0.4 is 5.73 Å². The summed E-state index contributed by atoms with van der Waals surface area (Å²) in [6, 6.07) is 4.83. The fourth-order valence-corrected chi connectivity index (χ4v) is 3.40. The van der Waals surface area contributed by atoms with Gasteiger partial charge in [-0.25, -0.2) is 4.99 Å². The van der Waals surface area contributed by atoms with E-state index in [9.17, 15) is 9.59 Å². The number of carbonyl (C=O) groups excluding carboxylic acids is 2. The standard InChI is InChI=1S/C17H19ClN4O2/c1-20-17(24)15-7-12(19)9-22(15)16(23)5-2-10-8-21-14-4-3-11(18)6-13(10)14/h3-4,6,8,12,15,21H,1-2,5,7,9,19H2/t12-,15-/m0/s1. The molecule has 0 aliphatic carbocycles. The highest BCUT2D eigenvalue weighted by atomic mass is 35.5. The van der Waals surface area contributed by atoms with Crippen LogP contribution in [-0.4, -0.2) is 47.0 Å². The highest BCUT2D eigenvalue weighted by Gasteiger charge is 2.37. The van der Waals surface area contributed by atoms with E-state index in [2.05, 4.69) is 16.7 Å². The van der Waals surface area contributed by atoms with E-state index in [4.69, 9.17) is 17.3 Å². The summed E-state index contributed by atoms with van der Waals surface area (Å²) >= 11 is 6.04. The van der Waals surface area contributed by atoms with Crippen LogP contribution in [0.5, 0.6) is 0 Å². The van der Waals surface area contributed by atoms with Crippen molar-refractivity contribution in [1.29, 1.82) is 0 Å². The van der Waals surface area contributed by atoms with Crippen molar-refractivity contribution < 1.29 is 9.59 Å². The number of aliphatic imine (C=N–C) groups is 1. The van der Waals surface area contributed by atoms with E-state index in [0.29, 0.717) is 30.8 Å². The lowest BCUT2D eigenvalue weighted by Crippen LogP contribution is -2.40. The predicted octanol–water partition coefficient (Wildman–Crippen LogP) is 1.91. The number of amides is 2. The Balaban J connectivity index is 1.71. The molecular formula is C17H19ClN4O2. The zero-order chi connectivity index (χ0) is 17.3. The van der Waals surface area contributed by atoms with Gasteiger partial charge in [0.15, 0.2) is 0 Å². The Kier molecular flexibility index (Phi) is 4.69. The van der Waals surface area contributed by atoms with E-state index < -0.39 is 11.9 Å². The van der Waals surface area contributed by atoms with Gasteiger partial charge in [-0.05, 0) is 43.3 Å². The SMILES string of the molecule is C=NC(=O)[C@@H]1C[C@H](N)CN1C(=O)CCc1c[nH]c2ccc(Cl)cc12. The zero-order valence-electron chi connectivity index (χ0n) is 13.2. The number of rotatable bonds is 4. The van der Waals surface area contributed by atoms with E-state index in [1.807, 2.05) is 24.4 Å². The maximum Gasteiger partial charge on any atom is 0.267 e. The van der Waals surface area contributed by atoms with E-state index in [1.54, 1.807) is 0 Å². The molecular weight excluding hydrogens is 328 g/mol. The summed E-state index contributed by atoms with van der Waals surface area (Å²) in [4.78, 5) is 32.5. The molecule has 126 valence electrons. The molecule has 1 saturated heterocycles. The van der Waals surface area contributed by atoms with Crippen LogP contribution in [0.25, 0.3) is 10.9 Å². The highest BCUT2D eigenvalue weighted by molar-refractivity contribution is 6.31. The summed E-state index contributed by atoms with van der Waals surface area (Å²) in [6.07, 6.45) is 3.19. The molecule has 0 bridgehead atoms. The van der Waals surface area contributed by atoms with Crippen molar-refractivity contribution in [2.45, 2.75) is 31.3 Å². The molecule has 1 fully saturated rings. The third-order valence-electron chi connectivity index (χ3n) is 4.43. The normalized spacial score (nSPS) is 20.5. The fraction of sp³-hybridized carbons (Fsp3) is 0.353. The Bertz CT molecular complexity index is 801. The lowest BCUT2D eigenvalue weighted by Gasteiger charge is -2.21. The Morgan fingerprint density at radius 1 is 1.46 bits per heavy atom. The third-order valence-corrected chi connectivity index (χ3v) is 4.67. The molecule has 24 heavy (non-hydrogen) atoms. The van der Waals surface area contributed by atoms with Gasteiger partial charge in [-0.3, -0.25) is 9.59 Å². The molecule has 3 rings (SSSR count). The minimum absolute atomic E-state index is 0.0960. The van der Waals surface area contributed by atoms with Crippen molar-refractivity contribution in [3.63, 3.8) is 0 Å². The van der Waals surface area contributed by atoms with Gasteiger partial charge in [0.05, 0.1) is 0 Å². The molecule has 1 aromatic heterocycles. The molecule has 2 amide bonds. The lowest BCUT2D eigenvalue weighted by atomic mass is 10.1. The van der Waals surface area contributed by atoms with Crippen molar-refractivity contribution in [3.05, 3.63) is 35.0 Å². The molecule has 2 aromatic rings. The van der Waals surface area contributed by atoms with Crippen LogP contribution >= 0.6 is 11.6 Å². The van der Waals surface area contributed by atoms with Gasteiger partial charge >= 0.3 is 0 Å². The number of nitrogens with zero attached hydrogens (tertiary/aromatic N) is 2. The summed E-state index contributed by atoms with van der Waals surface area (Å²) in [5.41, 5.74) is 7.90. The van der Waals surface area contributed by atoms with Crippen molar-refractivity contribution in [2.75, 3.05) is 6.54 Å². The number of fused-ring (bicyclic) bond motifs is 1. The molecule has 0 spiro atoms. The molecule has 1 aromatic carbocycles. The molecule has 1 aliphatic heterocycles. The molecule has 2 heterocycles. The quantitative estimate of drug-likeness (QED) is 0.828. The molecule has 0 unspecified atom stereocenters. The number of aromatic amines is 1. The molecule has 2 atom stereocenters. The van der Waals surface area contributed by atoms with E-state index in [0.717, 1.165) is 16.5 Å². The van der Waals surface area contributed by atoms with Crippen LogP contribution in [0.15, 0.2) is 29.4 Å². The van der Waals surface area contributed by atoms with Crippen molar-refractivity contribution >= 4 is 41.0 Å². The summed E-state index contributed by atoms with van der Waals surface area (Å²) < 4.78 is 0. The fourth-order valence-electron chi connectivity index (χ4n) is 3.23. The van der Waals surface area contributed by atoms with Crippen LogP contribution in [0.3, 0.4) is 0 Å².